The first-order valence-electron chi connectivity index (χ1n) is 10.6. The van der Waals surface area contributed by atoms with E-state index in [1.54, 1.807) is 11.7 Å². The molecular formula is C24H29N3O3. The van der Waals surface area contributed by atoms with E-state index in [4.69, 9.17) is 9.47 Å². The largest absolute Gasteiger partial charge is 0.493 e. The van der Waals surface area contributed by atoms with Crippen molar-refractivity contribution in [1.82, 2.24) is 14.5 Å². The first kappa shape index (κ1) is 20.4. The summed E-state index contributed by atoms with van der Waals surface area (Å²) in [6.45, 7) is 7.92. The minimum atomic E-state index is -0.0810. The van der Waals surface area contributed by atoms with Crippen LogP contribution in [0, 0.1) is 13.8 Å². The number of hydrogen-bond donors (Lipinski definition) is 0. The average molecular weight is 408 g/mol. The molecule has 0 bridgehead atoms. The molecule has 1 saturated heterocycles. The number of benzene rings is 2. The van der Waals surface area contributed by atoms with Gasteiger partial charge in [-0.2, -0.15) is 0 Å². The molecule has 6 heteroatoms. The molecule has 6 nitrogen and oxygen atoms in total. The summed E-state index contributed by atoms with van der Waals surface area (Å²) in [7, 11) is 1.62. The third-order valence-electron chi connectivity index (χ3n) is 5.67. The van der Waals surface area contributed by atoms with Crippen molar-refractivity contribution in [3.8, 4) is 17.2 Å². The van der Waals surface area contributed by atoms with Crippen molar-refractivity contribution < 1.29 is 9.47 Å². The van der Waals surface area contributed by atoms with Crippen molar-refractivity contribution in [2.45, 2.75) is 33.1 Å². The van der Waals surface area contributed by atoms with Crippen LogP contribution in [0.4, 0.5) is 0 Å². The smallest absolute Gasteiger partial charge is 0.265 e. The minimum Gasteiger partial charge on any atom is -0.493 e. The monoisotopic (exact) mass is 407 g/mol. The number of likely N-dealkylation sites (tertiary alicyclic amines) is 1. The second-order valence-corrected chi connectivity index (χ2v) is 7.91. The average Bonchev–Trinajstić information content (AvgIpc) is 3.26. The Morgan fingerprint density at radius 1 is 1.03 bits per heavy atom. The topological polar surface area (TPSA) is 56.6 Å². The Hall–Kier alpha value is -2.86. The Kier molecular flexibility index (Phi) is 6.04. The van der Waals surface area contributed by atoms with E-state index in [2.05, 4.69) is 9.88 Å². The summed E-state index contributed by atoms with van der Waals surface area (Å²) in [6.07, 6.45) is 3.59. The van der Waals surface area contributed by atoms with Crippen LogP contribution < -0.4 is 15.0 Å². The number of ether oxygens (including phenoxy) is 2. The fourth-order valence-electron chi connectivity index (χ4n) is 4.11. The zero-order valence-electron chi connectivity index (χ0n) is 18.0. The molecule has 0 atom stereocenters. The van der Waals surface area contributed by atoms with Gasteiger partial charge in [0.15, 0.2) is 11.5 Å². The zero-order chi connectivity index (χ0) is 21.1. The van der Waals surface area contributed by atoms with Gasteiger partial charge in [-0.25, -0.2) is 4.98 Å². The van der Waals surface area contributed by atoms with E-state index in [9.17, 15) is 4.79 Å². The molecule has 1 aliphatic heterocycles. The summed E-state index contributed by atoms with van der Waals surface area (Å²) < 4.78 is 13.2. The maximum Gasteiger partial charge on any atom is 0.265 e. The predicted molar refractivity (Wildman–Crippen MR) is 119 cm³/mol. The maximum atomic E-state index is 13.2. The van der Waals surface area contributed by atoms with Crippen molar-refractivity contribution in [2.75, 3.05) is 33.4 Å². The highest BCUT2D eigenvalue weighted by Crippen LogP contribution is 2.30. The highest BCUT2D eigenvalue weighted by molar-refractivity contribution is 5.78. The van der Waals surface area contributed by atoms with Crippen molar-refractivity contribution >= 4 is 10.9 Å². The summed E-state index contributed by atoms with van der Waals surface area (Å²) in [5.41, 5.74) is 2.38. The predicted octanol–water partition coefficient (Wildman–Crippen LogP) is 3.88. The molecule has 1 fully saturated rings. The van der Waals surface area contributed by atoms with Gasteiger partial charge in [0, 0.05) is 12.6 Å². The number of nitrogens with zero attached hydrogens (tertiary/aromatic N) is 3. The highest BCUT2D eigenvalue weighted by atomic mass is 16.5. The number of fused-ring (bicyclic) bond motifs is 1. The third-order valence-corrected chi connectivity index (χ3v) is 5.67. The molecule has 1 aliphatic rings. The maximum absolute atomic E-state index is 13.2. The van der Waals surface area contributed by atoms with E-state index in [1.807, 2.05) is 50.2 Å². The van der Waals surface area contributed by atoms with Gasteiger partial charge in [-0.1, -0.05) is 11.6 Å². The zero-order valence-corrected chi connectivity index (χ0v) is 18.0. The summed E-state index contributed by atoms with van der Waals surface area (Å²) in [6, 6.07) is 11.3. The van der Waals surface area contributed by atoms with E-state index < -0.39 is 0 Å². The molecule has 0 aliphatic carbocycles. The number of aryl methyl sites for hydroxylation is 2. The van der Waals surface area contributed by atoms with Crippen LogP contribution in [0.5, 0.6) is 11.5 Å². The van der Waals surface area contributed by atoms with E-state index in [1.165, 1.54) is 25.9 Å². The standard InChI is InChI=1S/C24H29N3O3/c1-17-7-9-21-20(15-17)24(28)27(18(2)25-21)19-8-10-22(23(16-19)29-3)30-14-6-13-26-11-4-5-12-26/h7-10,15-16H,4-6,11-14H2,1-3H3. The van der Waals surface area contributed by atoms with E-state index in [-0.39, 0.29) is 5.56 Å². The van der Waals surface area contributed by atoms with Crippen molar-refractivity contribution in [3.05, 3.63) is 58.1 Å². The van der Waals surface area contributed by atoms with Gasteiger partial charge in [0.2, 0.25) is 0 Å². The second kappa shape index (κ2) is 8.88. The molecule has 0 unspecified atom stereocenters. The Labute approximate surface area is 177 Å². The van der Waals surface area contributed by atoms with Crippen LogP contribution in [0.3, 0.4) is 0 Å². The summed E-state index contributed by atoms with van der Waals surface area (Å²) >= 11 is 0. The number of hydrogen-bond acceptors (Lipinski definition) is 5. The van der Waals surface area contributed by atoms with Crippen LogP contribution >= 0.6 is 0 Å². The Morgan fingerprint density at radius 2 is 1.83 bits per heavy atom. The molecular weight excluding hydrogens is 378 g/mol. The van der Waals surface area contributed by atoms with Crippen LogP contribution in [0.2, 0.25) is 0 Å². The van der Waals surface area contributed by atoms with E-state index in [0.29, 0.717) is 34.8 Å². The lowest BCUT2D eigenvalue weighted by Gasteiger charge is -2.17. The Balaban J connectivity index is 1.57. The lowest BCUT2D eigenvalue weighted by atomic mass is 10.1. The molecule has 4 rings (SSSR count). The molecule has 0 spiro atoms. The summed E-state index contributed by atoms with van der Waals surface area (Å²) in [5, 5.41) is 0.613. The molecule has 0 radical (unpaired) electrons. The number of methoxy groups -OCH3 is 1. The first-order valence-corrected chi connectivity index (χ1v) is 10.6. The van der Waals surface area contributed by atoms with Crippen LogP contribution in [0.1, 0.15) is 30.7 Å². The molecule has 158 valence electrons. The van der Waals surface area contributed by atoms with Crippen LogP contribution in [-0.4, -0.2) is 47.8 Å². The summed E-state index contributed by atoms with van der Waals surface area (Å²) in [4.78, 5) is 20.3. The van der Waals surface area contributed by atoms with Gasteiger partial charge in [-0.15, -0.1) is 0 Å². The Bertz CT molecular complexity index is 1100. The van der Waals surface area contributed by atoms with E-state index in [0.717, 1.165) is 24.2 Å². The van der Waals surface area contributed by atoms with Gasteiger partial charge in [-0.3, -0.25) is 9.36 Å². The molecule has 0 N–H and O–H groups in total. The lowest BCUT2D eigenvalue weighted by Crippen LogP contribution is -2.22. The molecule has 0 amide bonds. The van der Waals surface area contributed by atoms with Crippen molar-refractivity contribution in [2.24, 2.45) is 0 Å². The van der Waals surface area contributed by atoms with Crippen molar-refractivity contribution in [1.29, 1.82) is 0 Å². The van der Waals surface area contributed by atoms with Gasteiger partial charge in [-0.05, 0) is 70.5 Å². The van der Waals surface area contributed by atoms with Gasteiger partial charge in [0.25, 0.3) is 5.56 Å². The number of rotatable bonds is 7. The fourth-order valence-corrected chi connectivity index (χ4v) is 4.11. The first-order chi connectivity index (χ1) is 14.6. The molecule has 2 heterocycles. The molecule has 30 heavy (non-hydrogen) atoms. The normalized spacial score (nSPS) is 14.4. The Morgan fingerprint density at radius 3 is 2.60 bits per heavy atom. The van der Waals surface area contributed by atoms with Gasteiger partial charge < -0.3 is 14.4 Å². The van der Waals surface area contributed by atoms with Crippen LogP contribution in [0.25, 0.3) is 16.6 Å². The van der Waals surface area contributed by atoms with Gasteiger partial charge in [0.05, 0.1) is 30.3 Å². The number of aromatic nitrogens is 2. The van der Waals surface area contributed by atoms with Gasteiger partial charge >= 0.3 is 0 Å². The quantitative estimate of drug-likeness (QED) is 0.557. The van der Waals surface area contributed by atoms with Crippen molar-refractivity contribution in [3.63, 3.8) is 0 Å². The molecule has 1 aromatic heterocycles. The third kappa shape index (κ3) is 4.19. The van der Waals surface area contributed by atoms with Crippen LogP contribution in [-0.2, 0) is 0 Å². The highest BCUT2D eigenvalue weighted by Gasteiger charge is 2.14. The SMILES string of the molecule is COc1cc(-n2c(C)nc3ccc(C)cc3c2=O)ccc1OCCCN1CCCC1. The van der Waals surface area contributed by atoms with Crippen LogP contribution in [0.15, 0.2) is 41.2 Å². The minimum absolute atomic E-state index is 0.0810. The lowest BCUT2D eigenvalue weighted by molar-refractivity contribution is 0.254. The molecule has 2 aromatic carbocycles. The second-order valence-electron chi connectivity index (χ2n) is 7.91. The molecule has 3 aromatic rings. The van der Waals surface area contributed by atoms with E-state index >= 15 is 0 Å². The fraction of sp³-hybridized carbons (Fsp3) is 0.417. The van der Waals surface area contributed by atoms with Gasteiger partial charge in [0.1, 0.15) is 5.82 Å². The summed E-state index contributed by atoms with van der Waals surface area (Å²) in [5.74, 6) is 1.94. The molecule has 0 saturated carbocycles.